The van der Waals surface area contributed by atoms with Crippen molar-refractivity contribution >= 4 is 32.6 Å². The van der Waals surface area contributed by atoms with E-state index in [1.807, 2.05) is 38.1 Å². The highest BCUT2D eigenvalue weighted by molar-refractivity contribution is 9.10. The smallest absolute Gasteiger partial charge is 0.195 e. The summed E-state index contributed by atoms with van der Waals surface area (Å²) in [6.07, 6.45) is -1.15. The standard InChI is InChI=1S/C21H20BrNO4/c1-21(2)15-9-12(27-3)5-7-13(15)19(26)18-14-6-4-11(22)8-16(14)23(20(18)21)17(25)10-24/h4-9,17,24-25H,10H2,1-3H3/t17-/m1/s1. The molecule has 0 amide bonds. The van der Waals surface area contributed by atoms with Crippen molar-refractivity contribution in [1.29, 1.82) is 0 Å². The van der Waals surface area contributed by atoms with Gasteiger partial charge in [-0.15, -0.1) is 0 Å². The first-order valence-corrected chi connectivity index (χ1v) is 9.46. The second-order valence-corrected chi connectivity index (χ2v) is 8.20. The molecule has 0 bridgehead atoms. The Bertz CT molecular complexity index is 1080. The summed E-state index contributed by atoms with van der Waals surface area (Å²) in [5.41, 5.74) is 2.88. The topological polar surface area (TPSA) is 71.7 Å². The summed E-state index contributed by atoms with van der Waals surface area (Å²) in [7, 11) is 1.59. The number of hydrogen-bond acceptors (Lipinski definition) is 4. The van der Waals surface area contributed by atoms with Gasteiger partial charge in [-0.1, -0.05) is 35.8 Å². The zero-order chi connectivity index (χ0) is 19.5. The molecule has 1 aliphatic carbocycles. The van der Waals surface area contributed by atoms with Crippen LogP contribution in [0.15, 0.2) is 40.9 Å². The number of aliphatic hydroxyl groups excluding tert-OH is 2. The highest BCUT2D eigenvalue weighted by atomic mass is 79.9. The molecule has 0 radical (unpaired) electrons. The van der Waals surface area contributed by atoms with Crippen LogP contribution in [-0.4, -0.2) is 34.3 Å². The molecule has 1 aliphatic rings. The number of methoxy groups -OCH3 is 1. The Morgan fingerprint density at radius 1 is 1.22 bits per heavy atom. The number of ketones is 1. The number of halogens is 1. The number of carbonyl (C=O) groups excluding carboxylic acids is 1. The quantitative estimate of drug-likeness (QED) is 0.664. The van der Waals surface area contributed by atoms with Crippen LogP contribution in [-0.2, 0) is 5.41 Å². The maximum atomic E-state index is 13.4. The lowest BCUT2D eigenvalue weighted by Gasteiger charge is -2.35. The molecule has 0 saturated carbocycles. The zero-order valence-electron chi connectivity index (χ0n) is 15.3. The van der Waals surface area contributed by atoms with Gasteiger partial charge in [0.15, 0.2) is 12.0 Å². The molecule has 0 unspecified atom stereocenters. The summed E-state index contributed by atoms with van der Waals surface area (Å²) >= 11 is 3.46. The Kier molecular flexibility index (Phi) is 4.18. The number of nitrogens with zero attached hydrogens (tertiary/aromatic N) is 1. The van der Waals surface area contributed by atoms with Gasteiger partial charge in [0.05, 0.1) is 24.8 Å². The lowest BCUT2D eigenvalue weighted by molar-refractivity contribution is 0.0389. The van der Waals surface area contributed by atoms with E-state index in [9.17, 15) is 15.0 Å². The van der Waals surface area contributed by atoms with Gasteiger partial charge in [0.1, 0.15) is 5.75 Å². The van der Waals surface area contributed by atoms with Crippen LogP contribution in [0.4, 0.5) is 0 Å². The molecule has 4 rings (SSSR count). The van der Waals surface area contributed by atoms with Gasteiger partial charge >= 0.3 is 0 Å². The van der Waals surface area contributed by atoms with Crippen LogP contribution >= 0.6 is 15.9 Å². The molecule has 0 aliphatic heterocycles. The van der Waals surface area contributed by atoms with E-state index in [1.54, 1.807) is 23.8 Å². The van der Waals surface area contributed by atoms with E-state index >= 15 is 0 Å². The molecule has 27 heavy (non-hydrogen) atoms. The number of aromatic nitrogens is 1. The number of benzene rings is 2. The third-order valence-corrected chi connectivity index (χ3v) is 5.88. The highest BCUT2D eigenvalue weighted by Gasteiger charge is 2.42. The van der Waals surface area contributed by atoms with E-state index in [-0.39, 0.29) is 5.78 Å². The maximum absolute atomic E-state index is 13.4. The number of hydrogen-bond donors (Lipinski definition) is 2. The van der Waals surface area contributed by atoms with E-state index < -0.39 is 18.2 Å². The lowest BCUT2D eigenvalue weighted by Crippen LogP contribution is -2.34. The molecule has 140 valence electrons. The Morgan fingerprint density at radius 2 is 1.96 bits per heavy atom. The van der Waals surface area contributed by atoms with E-state index in [2.05, 4.69) is 15.9 Å². The molecule has 3 aromatic rings. The molecule has 0 saturated heterocycles. The Morgan fingerprint density at radius 3 is 2.63 bits per heavy atom. The van der Waals surface area contributed by atoms with Crippen LogP contribution in [0, 0.1) is 0 Å². The second kappa shape index (κ2) is 6.19. The van der Waals surface area contributed by atoms with Gasteiger partial charge in [-0.3, -0.25) is 4.79 Å². The van der Waals surface area contributed by atoms with Crippen molar-refractivity contribution in [3.05, 3.63) is 63.3 Å². The van der Waals surface area contributed by atoms with Gasteiger partial charge in [-0.05, 0) is 35.9 Å². The number of fused-ring (bicyclic) bond motifs is 4. The van der Waals surface area contributed by atoms with Crippen LogP contribution in [0.1, 0.15) is 47.3 Å². The van der Waals surface area contributed by atoms with E-state index in [4.69, 9.17) is 4.74 Å². The van der Waals surface area contributed by atoms with Gasteiger partial charge in [-0.25, -0.2) is 0 Å². The monoisotopic (exact) mass is 429 g/mol. The highest BCUT2D eigenvalue weighted by Crippen LogP contribution is 2.47. The van der Waals surface area contributed by atoms with Gasteiger partial charge in [0, 0.05) is 26.5 Å². The van der Waals surface area contributed by atoms with Crippen LogP contribution < -0.4 is 4.74 Å². The molecule has 5 nitrogen and oxygen atoms in total. The molecule has 0 fully saturated rings. The fraction of sp³-hybridized carbons (Fsp3) is 0.286. The lowest BCUT2D eigenvalue weighted by atomic mass is 9.71. The van der Waals surface area contributed by atoms with Crippen LogP contribution in [0.3, 0.4) is 0 Å². The zero-order valence-corrected chi connectivity index (χ0v) is 16.9. The molecular formula is C21H20BrNO4. The van der Waals surface area contributed by atoms with Gasteiger partial charge in [0.25, 0.3) is 0 Å². The fourth-order valence-electron chi connectivity index (χ4n) is 4.15. The fourth-order valence-corrected chi connectivity index (χ4v) is 4.50. The minimum atomic E-state index is -1.15. The molecule has 2 aromatic carbocycles. The summed E-state index contributed by atoms with van der Waals surface area (Å²) in [4.78, 5) is 13.4. The summed E-state index contributed by atoms with van der Waals surface area (Å²) in [6.45, 7) is 3.59. The average molecular weight is 430 g/mol. The van der Waals surface area contributed by atoms with Crippen molar-refractivity contribution in [2.24, 2.45) is 0 Å². The Hall–Kier alpha value is -2.15. The molecule has 6 heteroatoms. The number of ether oxygens (including phenoxy) is 1. The average Bonchev–Trinajstić information content (AvgIpc) is 3.00. The Labute approximate surface area is 165 Å². The number of rotatable bonds is 3. The largest absolute Gasteiger partial charge is 0.497 e. The van der Waals surface area contributed by atoms with Crippen molar-refractivity contribution in [2.45, 2.75) is 25.5 Å². The van der Waals surface area contributed by atoms with Crippen molar-refractivity contribution in [3.63, 3.8) is 0 Å². The van der Waals surface area contributed by atoms with Crippen molar-refractivity contribution in [2.75, 3.05) is 13.7 Å². The maximum Gasteiger partial charge on any atom is 0.195 e. The molecule has 1 heterocycles. The first-order valence-electron chi connectivity index (χ1n) is 8.67. The summed E-state index contributed by atoms with van der Waals surface area (Å²) in [5.74, 6) is 0.587. The van der Waals surface area contributed by atoms with Gasteiger partial charge < -0.3 is 19.5 Å². The van der Waals surface area contributed by atoms with Crippen molar-refractivity contribution in [1.82, 2.24) is 4.57 Å². The predicted octanol–water partition coefficient (Wildman–Crippen LogP) is 3.77. The van der Waals surface area contributed by atoms with E-state index in [0.717, 1.165) is 15.4 Å². The molecular weight excluding hydrogens is 410 g/mol. The van der Waals surface area contributed by atoms with E-state index in [1.165, 1.54) is 0 Å². The first kappa shape index (κ1) is 18.2. The summed E-state index contributed by atoms with van der Waals surface area (Å²) in [5, 5.41) is 21.0. The van der Waals surface area contributed by atoms with Crippen molar-refractivity contribution in [3.8, 4) is 5.75 Å². The molecule has 1 aromatic heterocycles. The minimum Gasteiger partial charge on any atom is -0.497 e. The predicted molar refractivity (Wildman–Crippen MR) is 107 cm³/mol. The Balaban J connectivity index is 2.15. The SMILES string of the molecule is COc1ccc2c(c1)C(C)(C)c1c(c3ccc(Br)cc3n1[C@H](O)CO)C2=O. The summed E-state index contributed by atoms with van der Waals surface area (Å²) < 4.78 is 7.87. The number of carbonyl (C=O) groups is 1. The minimum absolute atomic E-state index is 0.0850. The molecule has 2 N–H and O–H groups in total. The normalized spacial score (nSPS) is 16.1. The first-order chi connectivity index (χ1) is 12.8. The van der Waals surface area contributed by atoms with Crippen molar-refractivity contribution < 1.29 is 19.7 Å². The van der Waals surface area contributed by atoms with Crippen LogP contribution in [0.2, 0.25) is 0 Å². The molecule has 0 spiro atoms. The third kappa shape index (κ3) is 2.47. The number of aliphatic hydroxyl groups is 2. The van der Waals surface area contributed by atoms with Gasteiger partial charge in [0.2, 0.25) is 0 Å². The summed E-state index contributed by atoms with van der Waals surface area (Å²) in [6, 6.07) is 11.1. The van der Waals surface area contributed by atoms with Gasteiger partial charge in [-0.2, -0.15) is 0 Å². The third-order valence-electron chi connectivity index (χ3n) is 5.39. The van der Waals surface area contributed by atoms with E-state index in [0.29, 0.717) is 28.1 Å². The second-order valence-electron chi connectivity index (χ2n) is 7.28. The van der Waals surface area contributed by atoms with Crippen LogP contribution in [0.5, 0.6) is 5.75 Å². The van der Waals surface area contributed by atoms with Crippen LogP contribution in [0.25, 0.3) is 10.9 Å². The molecule has 1 atom stereocenters.